The highest BCUT2D eigenvalue weighted by Crippen LogP contribution is 2.38. The van der Waals surface area contributed by atoms with Crippen molar-refractivity contribution in [3.63, 3.8) is 0 Å². The van der Waals surface area contributed by atoms with Crippen molar-refractivity contribution in [1.82, 2.24) is 0 Å². The van der Waals surface area contributed by atoms with Gasteiger partial charge in [-0.15, -0.1) is 0 Å². The van der Waals surface area contributed by atoms with Crippen LogP contribution in [0.25, 0.3) is 6.08 Å². The summed E-state index contributed by atoms with van der Waals surface area (Å²) in [6.07, 6.45) is 3.09. The molecule has 0 saturated carbocycles. The summed E-state index contributed by atoms with van der Waals surface area (Å²) in [7, 11) is 4.62. The number of hydrogen-bond acceptors (Lipinski definition) is 6. The Morgan fingerprint density at radius 2 is 1.63 bits per heavy atom. The highest BCUT2D eigenvalue weighted by Gasteiger charge is 2.13. The van der Waals surface area contributed by atoms with E-state index in [1.54, 1.807) is 50.6 Å². The molecule has 0 aliphatic carbocycles. The number of nitrogens with one attached hydrogen (secondary N) is 1. The van der Waals surface area contributed by atoms with Crippen LogP contribution < -0.4 is 29.0 Å². The monoisotopic (exact) mass is 371 g/mol. The van der Waals surface area contributed by atoms with Crippen molar-refractivity contribution < 1.29 is 28.5 Å². The van der Waals surface area contributed by atoms with Gasteiger partial charge >= 0.3 is 0 Å². The van der Waals surface area contributed by atoms with Crippen LogP contribution in [0.15, 0.2) is 36.4 Å². The van der Waals surface area contributed by atoms with Gasteiger partial charge in [-0.1, -0.05) is 0 Å². The highest BCUT2D eigenvalue weighted by atomic mass is 16.6. The van der Waals surface area contributed by atoms with E-state index in [0.717, 1.165) is 5.56 Å². The van der Waals surface area contributed by atoms with Crippen molar-refractivity contribution in [2.75, 3.05) is 39.9 Å². The summed E-state index contributed by atoms with van der Waals surface area (Å²) in [5.41, 5.74) is 1.36. The van der Waals surface area contributed by atoms with Gasteiger partial charge < -0.3 is 29.0 Å². The number of hydrogen-bond donors (Lipinski definition) is 1. The first kappa shape index (κ1) is 18.4. The van der Waals surface area contributed by atoms with Crippen LogP contribution in [0.4, 0.5) is 5.69 Å². The molecule has 0 unspecified atom stereocenters. The van der Waals surface area contributed by atoms with Crippen LogP contribution in [0.3, 0.4) is 0 Å². The second-order valence-electron chi connectivity index (χ2n) is 5.64. The lowest BCUT2D eigenvalue weighted by Crippen LogP contribution is -2.16. The predicted molar refractivity (Wildman–Crippen MR) is 101 cm³/mol. The number of amides is 1. The van der Waals surface area contributed by atoms with E-state index in [1.165, 1.54) is 13.2 Å². The van der Waals surface area contributed by atoms with Gasteiger partial charge in [0.15, 0.2) is 23.0 Å². The molecule has 0 fully saturated rings. The van der Waals surface area contributed by atoms with Crippen LogP contribution in [-0.4, -0.2) is 40.5 Å². The van der Waals surface area contributed by atoms with E-state index in [0.29, 0.717) is 47.6 Å². The molecule has 0 bridgehead atoms. The van der Waals surface area contributed by atoms with Gasteiger partial charge in [-0.2, -0.15) is 0 Å². The van der Waals surface area contributed by atoms with E-state index in [-0.39, 0.29) is 5.91 Å². The van der Waals surface area contributed by atoms with Gasteiger partial charge in [0.2, 0.25) is 11.7 Å². The minimum absolute atomic E-state index is 0.277. The third-order valence-electron chi connectivity index (χ3n) is 3.92. The van der Waals surface area contributed by atoms with Gasteiger partial charge in [0, 0.05) is 17.8 Å². The molecule has 0 saturated heterocycles. The number of rotatable bonds is 6. The van der Waals surface area contributed by atoms with Crippen molar-refractivity contribution in [1.29, 1.82) is 0 Å². The zero-order valence-corrected chi connectivity index (χ0v) is 15.4. The first-order valence-corrected chi connectivity index (χ1v) is 8.33. The molecule has 27 heavy (non-hydrogen) atoms. The van der Waals surface area contributed by atoms with E-state index in [4.69, 9.17) is 23.7 Å². The molecule has 7 nitrogen and oxygen atoms in total. The molecule has 3 rings (SSSR count). The Kier molecular flexibility index (Phi) is 5.71. The summed E-state index contributed by atoms with van der Waals surface area (Å²) >= 11 is 0. The number of ether oxygens (including phenoxy) is 5. The molecular formula is C20H21NO6. The molecule has 0 spiro atoms. The Hall–Kier alpha value is -3.35. The maximum Gasteiger partial charge on any atom is 0.248 e. The number of anilines is 1. The summed E-state index contributed by atoms with van der Waals surface area (Å²) < 4.78 is 26.9. The van der Waals surface area contributed by atoms with Crippen LogP contribution in [0, 0.1) is 0 Å². The Morgan fingerprint density at radius 3 is 2.26 bits per heavy atom. The summed E-state index contributed by atoms with van der Waals surface area (Å²) in [5.74, 6) is 2.55. The van der Waals surface area contributed by atoms with Crippen LogP contribution in [0.5, 0.6) is 28.7 Å². The Morgan fingerprint density at radius 1 is 0.963 bits per heavy atom. The fraction of sp³-hybridized carbons (Fsp3) is 0.250. The smallest absolute Gasteiger partial charge is 0.248 e. The molecule has 0 atom stereocenters. The van der Waals surface area contributed by atoms with Gasteiger partial charge in [0.1, 0.15) is 13.2 Å². The first-order valence-electron chi connectivity index (χ1n) is 8.33. The highest BCUT2D eigenvalue weighted by molar-refractivity contribution is 6.02. The van der Waals surface area contributed by atoms with Crippen molar-refractivity contribution in [2.24, 2.45) is 0 Å². The molecular weight excluding hydrogens is 350 g/mol. The fourth-order valence-electron chi connectivity index (χ4n) is 2.67. The SMILES string of the molecule is COc1cc(/C=C/C(=O)Nc2ccc3c(c2)OCCO3)cc(OC)c1OC. The molecule has 1 aliphatic rings. The number of methoxy groups -OCH3 is 3. The predicted octanol–water partition coefficient (Wildman–Crippen LogP) is 3.14. The van der Waals surface area contributed by atoms with Gasteiger partial charge in [0.05, 0.1) is 21.3 Å². The normalized spacial score (nSPS) is 12.6. The third kappa shape index (κ3) is 4.25. The lowest BCUT2D eigenvalue weighted by Gasteiger charge is -2.18. The van der Waals surface area contributed by atoms with Crippen LogP contribution in [0.2, 0.25) is 0 Å². The summed E-state index contributed by atoms with van der Waals surface area (Å²) in [5, 5.41) is 2.79. The quantitative estimate of drug-likeness (QED) is 0.787. The molecule has 1 amide bonds. The molecule has 142 valence electrons. The number of carbonyl (C=O) groups is 1. The molecule has 2 aromatic rings. The Bertz CT molecular complexity index is 837. The van der Waals surface area contributed by atoms with Crippen molar-refractivity contribution in [3.8, 4) is 28.7 Å². The second-order valence-corrected chi connectivity index (χ2v) is 5.64. The number of carbonyl (C=O) groups excluding carboxylic acids is 1. The zero-order valence-electron chi connectivity index (χ0n) is 15.4. The lowest BCUT2D eigenvalue weighted by molar-refractivity contribution is -0.111. The molecule has 1 N–H and O–H groups in total. The van der Waals surface area contributed by atoms with Gasteiger partial charge in [-0.3, -0.25) is 4.79 Å². The minimum atomic E-state index is -0.277. The zero-order chi connectivity index (χ0) is 19.2. The summed E-state index contributed by atoms with van der Waals surface area (Å²) in [4.78, 5) is 12.2. The average Bonchev–Trinajstić information content (AvgIpc) is 2.71. The van der Waals surface area contributed by atoms with Gasteiger partial charge in [-0.05, 0) is 35.9 Å². The van der Waals surface area contributed by atoms with E-state index in [2.05, 4.69) is 5.32 Å². The third-order valence-corrected chi connectivity index (χ3v) is 3.92. The average molecular weight is 371 g/mol. The van der Waals surface area contributed by atoms with Crippen LogP contribution in [-0.2, 0) is 4.79 Å². The number of fused-ring (bicyclic) bond motifs is 1. The molecule has 0 aromatic heterocycles. The maximum absolute atomic E-state index is 12.2. The Balaban J connectivity index is 1.73. The topological polar surface area (TPSA) is 75.3 Å². The minimum Gasteiger partial charge on any atom is -0.493 e. The van der Waals surface area contributed by atoms with E-state index >= 15 is 0 Å². The molecule has 2 aromatic carbocycles. The fourth-order valence-corrected chi connectivity index (χ4v) is 2.67. The summed E-state index contributed by atoms with van der Waals surface area (Å²) in [6.45, 7) is 1.02. The maximum atomic E-state index is 12.2. The lowest BCUT2D eigenvalue weighted by atomic mass is 10.1. The van der Waals surface area contributed by atoms with E-state index < -0.39 is 0 Å². The largest absolute Gasteiger partial charge is 0.493 e. The van der Waals surface area contributed by atoms with Gasteiger partial charge in [0.25, 0.3) is 0 Å². The number of benzene rings is 2. The molecule has 1 aliphatic heterocycles. The Labute approximate surface area is 157 Å². The molecule has 0 radical (unpaired) electrons. The molecule has 7 heteroatoms. The standard InChI is InChI=1S/C20H21NO6/c1-23-17-10-13(11-18(24-2)20(17)25-3)4-7-19(22)21-14-5-6-15-16(12-14)27-9-8-26-15/h4-7,10-12H,8-9H2,1-3H3,(H,21,22)/b7-4+. The second kappa shape index (κ2) is 8.35. The van der Waals surface area contributed by atoms with E-state index in [1.807, 2.05) is 0 Å². The van der Waals surface area contributed by atoms with Gasteiger partial charge in [-0.25, -0.2) is 0 Å². The van der Waals surface area contributed by atoms with Crippen LogP contribution >= 0.6 is 0 Å². The van der Waals surface area contributed by atoms with Crippen molar-refractivity contribution in [3.05, 3.63) is 42.0 Å². The van der Waals surface area contributed by atoms with Crippen LogP contribution in [0.1, 0.15) is 5.56 Å². The van der Waals surface area contributed by atoms with Crippen molar-refractivity contribution >= 4 is 17.7 Å². The van der Waals surface area contributed by atoms with E-state index in [9.17, 15) is 4.79 Å². The summed E-state index contributed by atoms with van der Waals surface area (Å²) in [6, 6.07) is 8.79. The first-order chi connectivity index (χ1) is 13.1. The van der Waals surface area contributed by atoms with Crippen molar-refractivity contribution in [2.45, 2.75) is 0 Å². The molecule has 1 heterocycles.